The van der Waals surface area contributed by atoms with Gasteiger partial charge in [-0.15, -0.1) is 0 Å². The number of anilines is 2. The van der Waals surface area contributed by atoms with E-state index in [1.807, 2.05) is 37.3 Å². The lowest BCUT2D eigenvalue weighted by atomic mass is 9.94. The molecule has 11 nitrogen and oxygen atoms in total. The molecule has 1 atom stereocenters. The van der Waals surface area contributed by atoms with Crippen LogP contribution in [0.2, 0.25) is 5.02 Å². The van der Waals surface area contributed by atoms with E-state index in [-0.39, 0.29) is 35.5 Å². The Balaban J connectivity index is 0.000000204. The molecule has 0 aliphatic rings. The minimum absolute atomic E-state index is 0.0507. The minimum atomic E-state index is -4.87. The summed E-state index contributed by atoms with van der Waals surface area (Å²) in [6, 6.07) is 20.9. The van der Waals surface area contributed by atoms with E-state index in [2.05, 4.69) is 30.0 Å². The zero-order valence-electron chi connectivity index (χ0n) is 36.5. The summed E-state index contributed by atoms with van der Waals surface area (Å²) in [4.78, 5) is 26.4. The van der Waals surface area contributed by atoms with Crippen LogP contribution in [-0.2, 0) is 0 Å². The first-order chi connectivity index (χ1) is 33.2. The van der Waals surface area contributed by atoms with Gasteiger partial charge in [0.2, 0.25) is 17.5 Å². The molecule has 8 rings (SSSR count). The van der Waals surface area contributed by atoms with E-state index in [4.69, 9.17) is 22.1 Å². The number of alkyl halides is 3. The molecule has 0 radical (unpaired) electrons. The SMILES string of the molecule is CCOc1c(F)c(F)c(C(Nc2cc(C)ccn2)c2ccc3cccnc3c2O)c(F)c1F.Cc1ccnc(N)c1.O=Cc1c(F)c(F)c(OCC(F)(F)F)c(F)c1Cl.Oc1cccc2cccnc12. The summed E-state index contributed by atoms with van der Waals surface area (Å²) in [7, 11) is 0. The van der Waals surface area contributed by atoms with Crippen LogP contribution in [0.3, 0.4) is 0 Å². The Kier molecular flexibility index (Phi) is 17.7. The number of nitrogens with one attached hydrogen (secondary N) is 1. The van der Waals surface area contributed by atoms with E-state index in [0.29, 0.717) is 16.7 Å². The summed E-state index contributed by atoms with van der Waals surface area (Å²) >= 11 is 5.15. The number of nitrogens with zero attached hydrogens (tertiary/aromatic N) is 4. The molecule has 0 fully saturated rings. The number of carbonyl (C=O) groups excluding carboxylic acids is 1. The van der Waals surface area contributed by atoms with Crippen molar-refractivity contribution in [2.75, 3.05) is 24.3 Å². The number of phenolic OH excluding ortho intramolecular Hbond substituents is 2. The van der Waals surface area contributed by atoms with Crippen LogP contribution in [0, 0.1) is 54.6 Å². The molecule has 22 heteroatoms. The van der Waals surface area contributed by atoms with Gasteiger partial charge in [-0.25, -0.2) is 27.5 Å². The predicted octanol–water partition coefficient (Wildman–Crippen LogP) is 12.2. The monoisotopic (exact) mass is 1000 g/mol. The van der Waals surface area contributed by atoms with Crippen LogP contribution >= 0.6 is 11.6 Å². The summed E-state index contributed by atoms with van der Waals surface area (Å²) in [5.41, 5.74) is 5.94. The third kappa shape index (κ3) is 12.8. The van der Waals surface area contributed by atoms with Crippen molar-refractivity contribution in [1.82, 2.24) is 19.9 Å². The minimum Gasteiger partial charge on any atom is -0.506 e. The molecule has 0 saturated carbocycles. The maximum Gasteiger partial charge on any atom is 0.422 e. The topological polar surface area (TPSA) is 166 Å². The van der Waals surface area contributed by atoms with Crippen molar-refractivity contribution in [3.8, 4) is 23.0 Å². The summed E-state index contributed by atoms with van der Waals surface area (Å²) in [6.45, 7) is 2.96. The molecule has 0 spiro atoms. The highest BCUT2D eigenvalue weighted by atomic mass is 35.5. The molecule has 366 valence electrons. The fraction of sp³-hybridized carbons (Fsp3) is 0.146. The van der Waals surface area contributed by atoms with Gasteiger partial charge in [0, 0.05) is 41.1 Å². The van der Waals surface area contributed by atoms with Crippen molar-refractivity contribution in [2.24, 2.45) is 0 Å². The highest BCUT2D eigenvalue weighted by Crippen LogP contribution is 2.41. The summed E-state index contributed by atoms with van der Waals surface area (Å²) in [5.74, 6) is -14.5. The first kappa shape index (κ1) is 53.0. The fourth-order valence-electron chi connectivity index (χ4n) is 6.26. The second kappa shape index (κ2) is 23.4. The number of benzene rings is 4. The zero-order chi connectivity index (χ0) is 51.4. The third-order valence-corrected chi connectivity index (χ3v) is 9.80. The van der Waals surface area contributed by atoms with E-state index in [1.54, 1.807) is 61.8 Å². The molecule has 70 heavy (non-hydrogen) atoms. The Morgan fingerprint density at radius 3 is 1.79 bits per heavy atom. The number of fused-ring (bicyclic) bond motifs is 2. The predicted molar refractivity (Wildman–Crippen MR) is 240 cm³/mol. The van der Waals surface area contributed by atoms with E-state index in [1.165, 1.54) is 25.4 Å². The second-order valence-electron chi connectivity index (χ2n) is 14.4. The number of aryl methyl sites for hydroxylation is 2. The Morgan fingerprint density at radius 2 is 1.24 bits per heavy atom. The van der Waals surface area contributed by atoms with Gasteiger partial charge in [-0.1, -0.05) is 48.0 Å². The molecule has 1 unspecified atom stereocenters. The Morgan fingerprint density at radius 1 is 0.686 bits per heavy atom. The Bertz CT molecular complexity index is 3070. The first-order valence-corrected chi connectivity index (χ1v) is 20.5. The molecule has 0 saturated heterocycles. The summed E-state index contributed by atoms with van der Waals surface area (Å²) in [5, 5.41) is 23.4. The number of nitrogen functional groups attached to an aromatic ring is 1. The normalized spacial score (nSPS) is 11.3. The molecule has 0 amide bonds. The number of aromatic nitrogens is 4. The number of phenols is 2. The van der Waals surface area contributed by atoms with Crippen molar-refractivity contribution in [1.29, 1.82) is 0 Å². The second-order valence-corrected chi connectivity index (χ2v) is 14.8. The van der Waals surface area contributed by atoms with Crippen LogP contribution in [0.15, 0.2) is 104 Å². The number of halogens is 11. The molecule has 4 aromatic heterocycles. The van der Waals surface area contributed by atoms with E-state index >= 15 is 8.78 Å². The number of rotatable bonds is 9. The molecule has 0 bridgehead atoms. The van der Waals surface area contributed by atoms with Gasteiger partial charge in [-0.3, -0.25) is 14.8 Å². The van der Waals surface area contributed by atoms with E-state index in [9.17, 15) is 50.1 Å². The fourth-order valence-corrected chi connectivity index (χ4v) is 6.47. The molecule has 8 aromatic rings. The van der Waals surface area contributed by atoms with Gasteiger partial charge < -0.3 is 30.7 Å². The van der Waals surface area contributed by atoms with Gasteiger partial charge in [0.1, 0.15) is 34.2 Å². The first-order valence-electron chi connectivity index (χ1n) is 20.1. The average Bonchev–Trinajstić information content (AvgIpc) is 3.32. The van der Waals surface area contributed by atoms with Crippen LogP contribution in [0.25, 0.3) is 21.8 Å². The number of hydrogen-bond donors (Lipinski definition) is 4. The standard InChI is InChI=1S/C24H19F4N3O2.C9H3ClF6O2.C9H7NO.C6H8N2/c1-3-33-24-19(27)17(25)16(18(26)20(24)28)22(31-15-11-12(2)8-10-29-15)14-7-6-13-5-4-9-30-21(13)23(14)32;10-4-3(1-17)5(11)7(13)8(6(4)12)18-2-9(14,15)16;11-8-5-1-3-7-4-2-6-10-9(7)8;1-5-2-3-8-6(7)4-5/h4-11,22,32H,3H2,1-2H3,(H,29,31);1H,2H2;1-6,11H;2-4H,1H3,(H2,7,8). The lowest BCUT2D eigenvalue weighted by Crippen LogP contribution is -2.20. The highest BCUT2D eigenvalue weighted by molar-refractivity contribution is 6.33. The van der Waals surface area contributed by atoms with Crippen molar-refractivity contribution >= 4 is 51.3 Å². The summed E-state index contributed by atoms with van der Waals surface area (Å²) in [6.07, 6.45) is 1.13. The van der Waals surface area contributed by atoms with Crippen LogP contribution < -0.4 is 20.5 Å². The number of carbonyl (C=O) groups is 1. The maximum atomic E-state index is 15.2. The third-order valence-electron chi connectivity index (χ3n) is 9.44. The number of aldehydes is 1. The van der Waals surface area contributed by atoms with Crippen molar-refractivity contribution in [3.63, 3.8) is 0 Å². The van der Waals surface area contributed by atoms with Crippen molar-refractivity contribution in [3.05, 3.63) is 177 Å². The molecule has 0 aliphatic carbocycles. The molecule has 4 aromatic carbocycles. The number of hydrogen-bond acceptors (Lipinski definition) is 11. The molecule has 5 N–H and O–H groups in total. The van der Waals surface area contributed by atoms with Gasteiger partial charge in [0.25, 0.3) is 0 Å². The quantitative estimate of drug-likeness (QED) is 0.0618. The number of nitrogens with two attached hydrogens (primary N) is 1. The largest absolute Gasteiger partial charge is 0.506 e. The number of aromatic hydroxyl groups is 2. The number of para-hydroxylation sites is 1. The van der Waals surface area contributed by atoms with Crippen molar-refractivity contribution in [2.45, 2.75) is 33.0 Å². The van der Waals surface area contributed by atoms with Gasteiger partial charge in [0.05, 0.1) is 28.8 Å². The molecule has 0 aliphatic heterocycles. The average molecular weight is 1000 g/mol. The number of pyridine rings is 4. The van der Waals surface area contributed by atoms with Gasteiger partial charge >= 0.3 is 6.18 Å². The highest BCUT2D eigenvalue weighted by Gasteiger charge is 2.34. The van der Waals surface area contributed by atoms with Crippen LogP contribution in [0.1, 0.15) is 45.6 Å². The lowest BCUT2D eigenvalue weighted by molar-refractivity contribution is -0.154. The molecular formula is C48H37ClF10N6O5. The van der Waals surface area contributed by atoms with Crippen molar-refractivity contribution < 1.29 is 68.4 Å². The lowest BCUT2D eigenvalue weighted by Gasteiger charge is -2.24. The van der Waals surface area contributed by atoms with Crippen LogP contribution in [-0.4, -0.2) is 55.8 Å². The zero-order valence-corrected chi connectivity index (χ0v) is 37.3. The Hall–Kier alpha value is -7.94. The van der Waals surface area contributed by atoms with E-state index < -0.39 is 92.9 Å². The Labute approximate surface area is 396 Å². The number of ether oxygens (including phenoxy) is 2. The van der Waals surface area contributed by atoms with Gasteiger partial charge in [-0.05, 0) is 74.4 Å². The van der Waals surface area contributed by atoms with Gasteiger partial charge in [0.15, 0.2) is 47.7 Å². The molecular weight excluding hydrogens is 966 g/mol. The molecule has 4 heterocycles. The maximum absolute atomic E-state index is 15.2. The summed E-state index contributed by atoms with van der Waals surface area (Å²) < 4.78 is 143. The van der Waals surface area contributed by atoms with E-state index in [0.717, 1.165) is 16.5 Å². The van der Waals surface area contributed by atoms with Crippen LogP contribution in [0.4, 0.5) is 55.5 Å². The smallest absolute Gasteiger partial charge is 0.422 e. The van der Waals surface area contributed by atoms with Crippen LogP contribution in [0.5, 0.6) is 23.0 Å². The van der Waals surface area contributed by atoms with Gasteiger partial charge in [-0.2, -0.15) is 26.3 Å².